The number of rotatable bonds is 4. The Morgan fingerprint density at radius 1 is 1.23 bits per heavy atom. The SMILES string of the molecule is O=C(c1ccccc1[C@H]1CCNC1)N1CCC(CCO)CC1. The summed E-state index contributed by atoms with van der Waals surface area (Å²) in [5, 5.41) is 12.4. The van der Waals surface area contributed by atoms with Crippen molar-refractivity contribution in [3.8, 4) is 0 Å². The highest BCUT2D eigenvalue weighted by Crippen LogP contribution is 2.28. The van der Waals surface area contributed by atoms with Gasteiger partial charge in [-0.1, -0.05) is 18.2 Å². The van der Waals surface area contributed by atoms with Crippen molar-refractivity contribution in [2.24, 2.45) is 5.92 Å². The molecule has 1 atom stereocenters. The molecule has 1 aromatic rings. The number of piperidine rings is 1. The highest BCUT2D eigenvalue weighted by Gasteiger charge is 2.27. The van der Waals surface area contributed by atoms with Crippen LogP contribution in [0.3, 0.4) is 0 Å². The minimum Gasteiger partial charge on any atom is -0.396 e. The molecule has 0 radical (unpaired) electrons. The molecule has 0 aliphatic carbocycles. The maximum atomic E-state index is 12.9. The second kappa shape index (κ2) is 7.25. The maximum Gasteiger partial charge on any atom is 0.254 e. The Hall–Kier alpha value is -1.39. The number of hydrogen-bond acceptors (Lipinski definition) is 3. The number of benzene rings is 1. The van der Waals surface area contributed by atoms with Gasteiger partial charge in [-0.05, 0) is 55.7 Å². The van der Waals surface area contributed by atoms with Crippen molar-refractivity contribution in [2.45, 2.75) is 31.6 Å². The second-order valence-corrected chi connectivity index (χ2v) is 6.52. The van der Waals surface area contributed by atoms with Crippen molar-refractivity contribution >= 4 is 5.91 Å². The largest absolute Gasteiger partial charge is 0.396 e. The summed E-state index contributed by atoms with van der Waals surface area (Å²) in [5.74, 6) is 1.22. The molecular formula is C18H26N2O2. The normalized spacial score (nSPS) is 23.0. The summed E-state index contributed by atoms with van der Waals surface area (Å²) in [6.07, 6.45) is 4.01. The fourth-order valence-electron chi connectivity index (χ4n) is 3.75. The summed E-state index contributed by atoms with van der Waals surface area (Å²) < 4.78 is 0. The molecule has 2 heterocycles. The molecular weight excluding hydrogens is 276 g/mol. The minimum absolute atomic E-state index is 0.185. The number of aliphatic hydroxyl groups excluding tert-OH is 1. The molecule has 3 rings (SSSR count). The molecule has 4 nitrogen and oxygen atoms in total. The summed E-state index contributed by atoms with van der Waals surface area (Å²) in [7, 11) is 0. The number of hydrogen-bond donors (Lipinski definition) is 2. The Morgan fingerprint density at radius 2 is 2.00 bits per heavy atom. The lowest BCUT2D eigenvalue weighted by Crippen LogP contribution is -2.39. The van der Waals surface area contributed by atoms with E-state index < -0.39 is 0 Å². The molecule has 2 saturated heterocycles. The van der Waals surface area contributed by atoms with Crippen LogP contribution < -0.4 is 5.32 Å². The van der Waals surface area contributed by atoms with Crippen molar-refractivity contribution in [3.05, 3.63) is 35.4 Å². The van der Waals surface area contributed by atoms with Gasteiger partial charge in [0.05, 0.1) is 0 Å². The molecule has 22 heavy (non-hydrogen) atoms. The molecule has 1 aromatic carbocycles. The fraction of sp³-hybridized carbons (Fsp3) is 0.611. The number of nitrogens with zero attached hydrogens (tertiary/aromatic N) is 1. The summed E-state index contributed by atoms with van der Waals surface area (Å²) in [6, 6.07) is 8.11. The van der Waals surface area contributed by atoms with E-state index in [4.69, 9.17) is 5.11 Å². The molecule has 0 spiro atoms. The lowest BCUT2D eigenvalue weighted by Gasteiger charge is -2.32. The number of likely N-dealkylation sites (tertiary alicyclic amines) is 1. The van der Waals surface area contributed by atoms with E-state index in [0.29, 0.717) is 11.8 Å². The zero-order valence-corrected chi connectivity index (χ0v) is 13.1. The van der Waals surface area contributed by atoms with Crippen LogP contribution in [0.25, 0.3) is 0 Å². The molecule has 4 heteroatoms. The predicted octanol–water partition coefficient (Wildman–Crippen LogP) is 2.00. The Labute approximate surface area is 132 Å². The monoisotopic (exact) mass is 302 g/mol. The third-order valence-corrected chi connectivity index (χ3v) is 5.13. The third kappa shape index (κ3) is 3.33. The summed E-state index contributed by atoms with van der Waals surface area (Å²) in [6.45, 7) is 3.92. The van der Waals surface area contributed by atoms with Crippen LogP contribution in [0.4, 0.5) is 0 Å². The van der Waals surface area contributed by atoms with E-state index in [1.807, 2.05) is 23.1 Å². The Kier molecular flexibility index (Phi) is 5.11. The Bertz CT molecular complexity index is 504. The van der Waals surface area contributed by atoms with Gasteiger partial charge in [-0.15, -0.1) is 0 Å². The molecule has 0 aromatic heterocycles. The van der Waals surface area contributed by atoms with Gasteiger partial charge in [0.1, 0.15) is 0 Å². The number of carbonyl (C=O) groups is 1. The van der Waals surface area contributed by atoms with E-state index in [1.165, 1.54) is 5.56 Å². The van der Waals surface area contributed by atoms with Crippen molar-refractivity contribution in [1.82, 2.24) is 10.2 Å². The van der Waals surface area contributed by atoms with Crippen LogP contribution in [0.1, 0.15) is 47.5 Å². The molecule has 0 saturated carbocycles. The van der Waals surface area contributed by atoms with Crippen molar-refractivity contribution in [2.75, 3.05) is 32.8 Å². The van der Waals surface area contributed by atoms with E-state index in [9.17, 15) is 4.79 Å². The van der Waals surface area contributed by atoms with Gasteiger partial charge in [-0.25, -0.2) is 0 Å². The molecule has 120 valence electrons. The molecule has 2 N–H and O–H groups in total. The van der Waals surface area contributed by atoms with E-state index >= 15 is 0 Å². The first-order valence-electron chi connectivity index (χ1n) is 8.49. The van der Waals surface area contributed by atoms with Gasteiger partial charge in [0.15, 0.2) is 0 Å². The zero-order valence-electron chi connectivity index (χ0n) is 13.1. The molecule has 1 amide bonds. The lowest BCUT2D eigenvalue weighted by molar-refractivity contribution is 0.0676. The quantitative estimate of drug-likeness (QED) is 0.894. The van der Waals surface area contributed by atoms with Crippen molar-refractivity contribution < 1.29 is 9.90 Å². The van der Waals surface area contributed by atoms with Crippen LogP contribution in [0.2, 0.25) is 0 Å². The van der Waals surface area contributed by atoms with Crippen molar-refractivity contribution in [3.63, 3.8) is 0 Å². The Balaban J connectivity index is 1.70. The van der Waals surface area contributed by atoms with E-state index in [-0.39, 0.29) is 12.5 Å². The molecule has 2 aliphatic heterocycles. The summed E-state index contributed by atoms with van der Waals surface area (Å²) in [4.78, 5) is 14.9. The van der Waals surface area contributed by atoms with Gasteiger partial charge in [-0.2, -0.15) is 0 Å². The molecule has 2 aliphatic rings. The van der Waals surface area contributed by atoms with Gasteiger partial charge < -0.3 is 15.3 Å². The highest BCUT2D eigenvalue weighted by molar-refractivity contribution is 5.96. The van der Waals surface area contributed by atoms with Crippen LogP contribution in [-0.4, -0.2) is 48.7 Å². The number of nitrogens with one attached hydrogen (secondary N) is 1. The number of carbonyl (C=O) groups excluding carboxylic acids is 1. The standard InChI is InChI=1S/C18H26N2O2/c21-12-8-14-6-10-20(11-7-14)18(22)17-4-2-1-3-16(17)15-5-9-19-13-15/h1-4,14-15,19,21H,5-13H2/t15-/m0/s1. The van der Waals surface area contributed by atoms with E-state index in [1.54, 1.807) is 0 Å². The van der Waals surface area contributed by atoms with Crippen LogP contribution in [-0.2, 0) is 0 Å². The first-order valence-corrected chi connectivity index (χ1v) is 8.49. The molecule has 2 fully saturated rings. The van der Waals surface area contributed by atoms with Crippen LogP contribution in [0, 0.1) is 5.92 Å². The lowest BCUT2D eigenvalue weighted by atomic mass is 9.91. The first-order chi connectivity index (χ1) is 10.8. The fourth-order valence-corrected chi connectivity index (χ4v) is 3.75. The average molecular weight is 302 g/mol. The smallest absolute Gasteiger partial charge is 0.254 e. The topological polar surface area (TPSA) is 52.6 Å². The maximum absolute atomic E-state index is 12.9. The molecule has 0 bridgehead atoms. The van der Waals surface area contributed by atoms with Crippen LogP contribution in [0.15, 0.2) is 24.3 Å². The zero-order chi connectivity index (χ0) is 15.4. The van der Waals surface area contributed by atoms with Crippen LogP contribution >= 0.6 is 0 Å². The summed E-state index contributed by atoms with van der Waals surface area (Å²) >= 11 is 0. The van der Waals surface area contributed by atoms with Crippen LogP contribution in [0.5, 0.6) is 0 Å². The second-order valence-electron chi connectivity index (χ2n) is 6.52. The highest BCUT2D eigenvalue weighted by atomic mass is 16.3. The van der Waals surface area contributed by atoms with Gasteiger partial charge in [0, 0.05) is 31.8 Å². The van der Waals surface area contributed by atoms with E-state index in [2.05, 4.69) is 11.4 Å². The average Bonchev–Trinajstić information content (AvgIpc) is 3.10. The van der Waals surface area contributed by atoms with E-state index in [0.717, 1.165) is 57.4 Å². The summed E-state index contributed by atoms with van der Waals surface area (Å²) in [5.41, 5.74) is 2.09. The minimum atomic E-state index is 0.185. The van der Waals surface area contributed by atoms with Gasteiger partial charge >= 0.3 is 0 Å². The van der Waals surface area contributed by atoms with Gasteiger partial charge in [0.25, 0.3) is 5.91 Å². The number of aliphatic hydroxyl groups is 1. The number of amides is 1. The van der Waals surface area contributed by atoms with Gasteiger partial charge in [-0.3, -0.25) is 4.79 Å². The predicted molar refractivity (Wildman–Crippen MR) is 87.0 cm³/mol. The Morgan fingerprint density at radius 3 is 2.68 bits per heavy atom. The molecule has 0 unspecified atom stereocenters. The van der Waals surface area contributed by atoms with Gasteiger partial charge in [0.2, 0.25) is 0 Å². The first kappa shape index (κ1) is 15.5. The third-order valence-electron chi connectivity index (χ3n) is 5.13. The van der Waals surface area contributed by atoms with Crippen molar-refractivity contribution in [1.29, 1.82) is 0 Å².